The number of benzene rings is 4. The highest BCUT2D eigenvalue weighted by Crippen LogP contribution is 2.31. The Labute approximate surface area is 139 Å². The van der Waals surface area contributed by atoms with Gasteiger partial charge in [0.2, 0.25) is 0 Å². The second kappa shape index (κ2) is 5.70. The highest BCUT2D eigenvalue weighted by molar-refractivity contribution is 6.05. The van der Waals surface area contributed by atoms with Crippen molar-refractivity contribution in [3.05, 3.63) is 78.4 Å². The summed E-state index contributed by atoms with van der Waals surface area (Å²) in [6.45, 7) is 0. The molecular weight excluding hydrogens is 296 g/mol. The van der Waals surface area contributed by atoms with Gasteiger partial charge in [-0.2, -0.15) is 0 Å². The highest BCUT2D eigenvalue weighted by Gasteiger charge is 2.05. The molecule has 0 fully saturated rings. The SMILES string of the molecule is Nc1cccc2c(N=Cc3c(O)ccc4ccccc34)cccc12. The van der Waals surface area contributed by atoms with E-state index in [2.05, 4.69) is 4.99 Å². The van der Waals surface area contributed by atoms with Crippen molar-refractivity contribution in [2.45, 2.75) is 0 Å². The molecule has 3 nitrogen and oxygen atoms in total. The molecule has 3 N–H and O–H groups in total. The van der Waals surface area contributed by atoms with Crippen LogP contribution < -0.4 is 5.73 Å². The summed E-state index contributed by atoms with van der Waals surface area (Å²) in [5, 5.41) is 14.2. The van der Waals surface area contributed by atoms with Crippen molar-refractivity contribution >= 4 is 39.1 Å². The first kappa shape index (κ1) is 14.3. The molecule has 0 aromatic heterocycles. The van der Waals surface area contributed by atoms with Crippen LogP contribution in [0.2, 0.25) is 0 Å². The number of aliphatic imine (C=N–C) groups is 1. The molecule has 0 aliphatic heterocycles. The molecule has 0 heterocycles. The van der Waals surface area contributed by atoms with E-state index in [4.69, 9.17) is 5.73 Å². The molecule has 4 aromatic rings. The van der Waals surface area contributed by atoms with Crippen LogP contribution >= 0.6 is 0 Å². The van der Waals surface area contributed by atoms with E-state index >= 15 is 0 Å². The molecule has 0 bridgehead atoms. The van der Waals surface area contributed by atoms with Crippen molar-refractivity contribution in [2.75, 3.05) is 5.73 Å². The minimum atomic E-state index is 0.220. The number of aromatic hydroxyl groups is 1. The number of nitrogens with zero attached hydrogens (tertiary/aromatic N) is 1. The zero-order chi connectivity index (χ0) is 16.5. The van der Waals surface area contributed by atoms with Crippen LogP contribution in [0, 0.1) is 0 Å². The van der Waals surface area contributed by atoms with E-state index in [1.54, 1.807) is 12.3 Å². The third-order valence-corrected chi connectivity index (χ3v) is 4.21. The third-order valence-electron chi connectivity index (χ3n) is 4.21. The summed E-state index contributed by atoms with van der Waals surface area (Å²) >= 11 is 0. The largest absolute Gasteiger partial charge is 0.507 e. The van der Waals surface area contributed by atoms with Crippen LogP contribution in [-0.2, 0) is 0 Å². The van der Waals surface area contributed by atoms with E-state index < -0.39 is 0 Å². The van der Waals surface area contributed by atoms with Gasteiger partial charge < -0.3 is 10.8 Å². The molecule has 3 heteroatoms. The van der Waals surface area contributed by atoms with Gasteiger partial charge in [0.25, 0.3) is 0 Å². The molecule has 4 aromatic carbocycles. The van der Waals surface area contributed by atoms with E-state index in [9.17, 15) is 5.11 Å². The molecule has 4 rings (SSSR count). The number of fused-ring (bicyclic) bond motifs is 2. The smallest absolute Gasteiger partial charge is 0.124 e. The number of nitrogens with two attached hydrogens (primary N) is 1. The molecule has 0 spiro atoms. The topological polar surface area (TPSA) is 58.6 Å². The number of anilines is 1. The van der Waals surface area contributed by atoms with Crippen LogP contribution in [0.25, 0.3) is 21.5 Å². The fraction of sp³-hybridized carbons (Fsp3) is 0. The lowest BCUT2D eigenvalue weighted by atomic mass is 10.0. The standard InChI is InChI=1S/C21H16N2O/c22-19-9-3-8-17-16(19)7-4-10-20(17)23-13-18-15-6-2-1-5-14(15)11-12-21(18)24/h1-13,24H,22H2. The molecule has 0 atom stereocenters. The number of phenols is 1. The average Bonchev–Trinajstić information content (AvgIpc) is 2.61. The van der Waals surface area contributed by atoms with Gasteiger partial charge in [-0.05, 0) is 29.0 Å². The Kier molecular flexibility index (Phi) is 3.39. The van der Waals surface area contributed by atoms with Gasteiger partial charge in [-0.15, -0.1) is 0 Å². The van der Waals surface area contributed by atoms with Crippen LogP contribution in [0.5, 0.6) is 5.75 Å². The van der Waals surface area contributed by atoms with Gasteiger partial charge in [0.05, 0.1) is 5.69 Å². The Morgan fingerprint density at radius 1 is 0.750 bits per heavy atom. The Morgan fingerprint density at radius 2 is 1.50 bits per heavy atom. The molecule has 0 aliphatic carbocycles. The van der Waals surface area contributed by atoms with Gasteiger partial charge >= 0.3 is 0 Å². The van der Waals surface area contributed by atoms with Gasteiger partial charge in [0.15, 0.2) is 0 Å². The van der Waals surface area contributed by atoms with Crippen LogP contribution in [-0.4, -0.2) is 11.3 Å². The van der Waals surface area contributed by atoms with Crippen LogP contribution in [0.3, 0.4) is 0 Å². The minimum Gasteiger partial charge on any atom is -0.507 e. The normalized spacial score (nSPS) is 11.5. The van der Waals surface area contributed by atoms with Gasteiger partial charge in [0, 0.05) is 28.2 Å². The fourth-order valence-electron chi connectivity index (χ4n) is 2.98. The van der Waals surface area contributed by atoms with Crippen LogP contribution in [0.1, 0.15) is 5.56 Å². The molecule has 0 amide bonds. The van der Waals surface area contributed by atoms with Crippen LogP contribution in [0.15, 0.2) is 77.8 Å². The first-order valence-electron chi connectivity index (χ1n) is 7.76. The number of hydrogen-bond donors (Lipinski definition) is 2. The first-order chi connectivity index (χ1) is 11.7. The zero-order valence-electron chi connectivity index (χ0n) is 13.0. The quantitative estimate of drug-likeness (QED) is 0.403. The van der Waals surface area contributed by atoms with Gasteiger partial charge in [-0.3, -0.25) is 4.99 Å². The Hall–Kier alpha value is -3.33. The maximum atomic E-state index is 10.2. The van der Waals surface area contributed by atoms with Crippen LogP contribution in [0.4, 0.5) is 11.4 Å². The summed E-state index contributed by atoms with van der Waals surface area (Å²) in [6, 6.07) is 23.2. The second-order valence-corrected chi connectivity index (χ2v) is 5.70. The average molecular weight is 312 g/mol. The van der Waals surface area contributed by atoms with Gasteiger partial charge in [0.1, 0.15) is 5.75 Å². The number of nitrogen functional groups attached to an aromatic ring is 1. The number of phenolic OH excluding ortho intramolecular Hbond substituents is 1. The Bertz CT molecular complexity index is 1080. The lowest BCUT2D eigenvalue weighted by Gasteiger charge is -2.06. The van der Waals surface area contributed by atoms with Gasteiger partial charge in [-0.25, -0.2) is 0 Å². The Morgan fingerprint density at radius 3 is 2.42 bits per heavy atom. The summed E-state index contributed by atoms with van der Waals surface area (Å²) in [6.07, 6.45) is 1.72. The molecule has 0 unspecified atom stereocenters. The molecule has 0 radical (unpaired) electrons. The van der Waals surface area contributed by atoms with Crippen molar-refractivity contribution in [3.8, 4) is 5.75 Å². The van der Waals surface area contributed by atoms with Crippen molar-refractivity contribution in [1.29, 1.82) is 0 Å². The first-order valence-corrected chi connectivity index (χ1v) is 7.76. The van der Waals surface area contributed by atoms with Crippen molar-refractivity contribution in [1.82, 2.24) is 0 Å². The lowest BCUT2D eigenvalue weighted by Crippen LogP contribution is -1.87. The number of hydrogen-bond acceptors (Lipinski definition) is 3. The predicted molar refractivity (Wildman–Crippen MR) is 101 cm³/mol. The van der Waals surface area contributed by atoms with E-state index in [-0.39, 0.29) is 5.75 Å². The number of rotatable bonds is 2. The molecule has 116 valence electrons. The summed E-state index contributed by atoms with van der Waals surface area (Å²) in [7, 11) is 0. The van der Waals surface area contributed by atoms with E-state index in [0.29, 0.717) is 5.56 Å². The predicted octanol–water partition coefficient (Wildman–Crippen LogP) is 5.03. The van der Waals surface area contributed by atoms with E-state index in [1.807, 2.05) is 66.7 Å². The van der Waals surface area contributed by atoms with E-state index in [1.165, 1.54) is 0 Å². The summed E-state index contributed by atoms with van der Waals surface area (Å²) in [5.41, 5.74) is 8.32. The highest BCUT2D eigenvalue weighted by atomic mass is 16.3. The molecule has 0 saturated heterocycles. The monoisotopic (exact) mass is 312 g/mol. The third kappa shape index (κ3) is 2.36. The van der Waals surface area contributed by atoms with Crippen molar-refractivity contribution in [2.24, 2.45) is 4.99 Å². The zero-order valence-corrected chi connectivity index (χ0v) is 13.0. The van der Waals surface area contributed by atoms with Crippen molar-refractivity contribution in [3.63, 3.8) is 0 Å². The minimum absolute atomic E-state index is 0.220. The molecule has 24 heavy (non-hydrogen) atoms. The molecular formula is C21H16N2O. The summed E-state index contributed by atoms with van der Waals surface area (Å²) in [5.74, 6) is 0.220. The lowest BCUT2D eigenvalue weighted by molar-refractivity contribution is 0.475. The maximum Gasteiger partial charge on any atom is 0.124 e. The Balaban J connectivity index is 1.88. The molecule has 0 aliphatic rings. The molecule has 0 saturated carbocycles. The van der Waals surface area contributed by atoms with Crippen molar-refractivity contribution < 1.29 is 5.11 Å². The summed E-state index contributed by atoms with van der Waals surface area (Å²) in [4.78, 5) is 4.62. The second-order valence-electron chi connectivity index (χ2n) is 5.70. The van der Waals surface area contributed by atoms with Gasteiger partial charge in [-0.1, -0.05) is 54.6 Å². The summed E-state index contributed by atoms with van der Waals surface area (Å²) < 4.78 is 0. The van der Waals surface area contributed by atoms with E-state index in [0.717, 1.165) is 32.9 Å². The maximum absolute atomic E-state index is 10.2. The fourth-order valence-corrected chi connectivity index (χ4v) is 2.98.